The molecule has 2 aromatic heterocycles. The molecule has 0 spiro atoms. The van der Waals surface area contributed by atoms with Crippen LogP contribution in [0.1, 0.15) is 43.3 Å². The fraction of sp³-hybridized carbons (Fsp3) is 0.370. The molecule has 0 aliphatic carbocycles. The van der Waals surface area contributed by atoms with Gasteiger partial charge in [0.2, 0.25) is 0 Å². The van der Waals surface area contributed by atoms with Crippen LogP contribution in [0.2, 0.25) is 0 Å². The van der Waals surface area contributed by atoms with E-state index in [1.165, 1.54) is 18.1 Å². The molecule has 0 saturated carbocycles. The van der Waals surface area contributed by atoms with Gasteiger partial charge in [0.15, 0.2) is 17.3 Å². The number of pyridine rings is 1. The lowest BCUT2D eigenvalue weighted by Crippen LogP contribution is -2.33. The van der Waals surface area contributed by atoms with E-state index in [1.54, 1.807) is 41.8 Å². The van der Waals surface area contributed by atoms with E-state index in [2.05, 4.69) is 23.7 Å². The van der Waals surface area contributed by atoms with Crippen LogP contribution in [-0.4, -0.2) is 74.4 Å². The molecule has 3 heterocycles. The van der Waals surface area contributed by atoms with Crippen molar-refractivity contribution >= 4 is 23.1 Å². The molecule has 9 nitrogen and oxygen atoms in total. The number of phenols is 1. The van der Waals surface area contributed by atoms with Gasteiger partial charge in [-0.3, -0.25) is 14.0 Å². The number of likely N-dealkylation sites (tertiary alicyclic amines) is 1. The van der Waals surface area contributed by atoms with Gasteiger partial charge in [-0.15, -0.1) is 0 Å². The molecule has 1 aromatic carbocycles. The normalized spacial score (nSPS) is 17.5. The first-order valence-electron chi connectivity index (χ1n) is 12.1. The van der Waals surface area contributed by atoms with Gasteiger partial charge in [-0.1, -0.05) is 26.0 Å². The number of amides is 1. The molecule has 3 aromatic rings. The van der Waals surface area contributed by atoms with Gasteiger partial charge >= 0.3 is 0 Å². The predicted molar refractivity (Wildman–Crippen MR) is 136 cm³/mol. The van der Waals surface area contributed by atoms with E-state index in [1.807, 2.05) is 6.07 Å². The summed E-state index contributed by atoms with van der Waals surface area (Å²) in [6.45, 7) is 8.79. The Hall–Kier alpha value is -3.85. The molecular weight excluding hydrogens is 460 g/mol. The number of carbonyl (C=O) groups is 2. The monoisotopic (exact) mass is 492 g/mol. The van der Waals surface area contributed by atoms with E-state index in [0.717, 1.165) is 19.6 Å². The maximum atomic E-state index is 13.4. The number of aliphatic hydroxyl groups is 1. The SMILES string of the molecule is CCN(CC)CCCN1C(=O)C(=O)/C(=C(/O)c2c(C)nc3ccccn23)C1c1ccc(O)c(OC)c1. The highest BCUT2D eigenvalue weighted by Gasteiger charge is 2.46. The maximum absolute atomic E-state index is 13.4. The van der Waals surface area contributed by atoms with E-state index >= 15 is 0 Å². The molecule has 0 radical (unpaired) electrons. The largest absolute Gasteiger partial charge is 0.505 e. The molecule has 1 saturated heterocycles. The third-order valence-corrected chi connectivity index (χ3v) is 6.76. The number of imidazole rings is 1. The van der Waals surface area contributed by atoms with E-state index in [4.69, 9.17) is 4.74 Å². The molecule has 190 valence electrons. The average Bonchev–Trinajstić information content (AvgIpc) is 3.34. The Balaban J connectivity index is 1.85. The lowest BCUT2D eigenvalue weighted by Gasteiger charge is -2.27. The molecule has 1 aliphatic heterocycles. The van der Waals surface area contributed by atoms with E-state index in [9.17, 15) is 19.8 Å². The smallest absolute Gasteiger partial charge is 0.295 e. The Morgan fingerprint density at radius 1 is 1.17 bits per heavy atom. The number of nitrogens with zero attached hydrogens (tertiary/aromatic N) is 4. The van der Waals surface area contributed by atoms with Crippen molar-refractivity contribution in [3.05, 3.63) is 65.1 Å². The van der Waals surface area contributed by atoms with Gasteiger partial charge in [0.05, 0.1) is 24.4 Å². The highest BCUT2D eigenvalue weighted by molar-refractivity contribution is 6.46. The standard InChI is InChI=1S/C27H32N4O5/c1-5-29(6-2)13-9-15-31-24(18-11-12-19(32)20(16-18)36-4)22(26(34)27(31)35)25(33)23-17(3)28-21-10-7-8-14-30(21)23/h7-8,10-12,14,16,24,32-33H,5-6,9,13,15H2,1-4H3/b25-22+. The molecular formula is C27H32N4O5. The van der Waals surface area contributed by atoms with Crippen molar-refractivity contribution in [2.24, 2.45) is 0 Å². The summed E-state index contributed by atoms with van der Waals surface area (Å²) in [5.41, 5.74) is 2.06. The van der Waals surface area contributed by atoms with Crippen molar-refractivity contribution in [2.45, 2.75) is 33.2 Å². The fourth-order valence-corrected chi connectivity index (χ4v) is 4.85. The molecule has 36 heavy (non-hydrogen) atoms. The molecule has 1 atom stereocenters. The van der Waals surface area contributed by atoms with Gasteiger partial charge < -0.3 is 24.7 Å². The van der Waals surface area contributed by atoms with Crippen LogP contribution >= 0.6 is 0 Å². The van der Waals surface area contributed by atoms with Crippen molar-refractivity contribution in [3.63, 3.8) is 0 Å². The molecule has 4 rings (SSSR count). The summed E-state index contributed by atoms with van der Waals surface area (Å²) in [6.07, 6.45) is 2.41. The minimum Gasteiger partial charge on any atom is -0.505 e. The number of benzene rings is 1. The molecule has 0 bridgehead atoms. The average molecular weight is 493 g/mol. The number of phenolic OH excluding ortho intramolecular Hbond substituents is 1. The second kappa shape index (κ2) is 10.4. The summed E-state index contributed by atoms with van der Waals surface area (Å²) >= 11 is 0. The number of ketones is 1. The quantitative estimate of drug-likeness (QED) is 0.267. The third-order valence-electron chi connectivity index (χ3n) is 6.76. The van der Waals surface area contributed by atoms with Crippen molar-refractivity contribution in [1.82, 2.24) is 19.2 Å². The Morgan fingerprint density at radius 2 is 1.92 bits per heavy atom. The number of aliphatic hydroxyl groups excluding tert-OH is 1. The highest BCUT2D eigenvalue weighted by atomic mass is 16.5. The number of methoxy groups -OCH3 is 1. The summed E-state index contributed by atoms with van der Waals surface area (Å²) in [6, 6.07) is 9.30. The third kappa shape index (κ3) is 4.42. The first kappa shape index (κ1) is 25.2. The van der Waals surface area contributed by atoms with Crippen LogP contribution < -0.4 is 4.74 Å². The van der Waals surface area contributed by atoms with Crippen LogP contribution in [-0.2, 0) is 9.59 Å². The van der Waals surface area contributed by atoms with Crippen molar-refractivity contribution in [3.8, 4) is 11.5 Å². The molecule has 1 unspecified atom stereocenters. The summed E-state index contributed by atoms with van der Waals surface area (Å²) < 4.78 is 6.98. The minimum absolute atomic E-state index is 0.00987. The van der Waals surface area contributed by atoms with E-state index in [0.29, 0.717) is 35.6 Å². The number of fused-ring (bicyclic) bond motifs is 1. The number of aromatic nitrogens is 2. The van der Waals surface area contributed by atoms with Crippen LogP contribution in [0.3, 0.4) is 0 Å². The number of aromatic hydroxyl groups is 1. The van der Waals surface area contributed by atoms with Gasteiger partial charge in [-0.05, 0) is 62.8 Å². The topological polar surface area (TPSA) is 108 Å². The molecule has 1 aliphatic rings. The van der Waals surface area contributed by atoms with Gasteiger partial charge in [0.25, 0.3) is 11.7 Å². The zero-order valence-electron chi connectivity index (χ0n) is 21.1. The number of rotatable bonds is 9. The van der Waals surface area contributed by atoms with Gasteiger partial charge in [0.1, 0.15) is 11.3 Å². The number of Topliss-reactive ketones (excluding diaryl/α,β-unsaturated/α-hetero) is 1. The maximum Gasteiger partial charge on any atom is 0.295 e. The number of carbonyl (C=O) groups excluding carboxylic acids is 2. The van der Waals surface area contributed by atoms with Crippen molar-refractivity contribution in [1.29, 1.82) is 0 Å². The van der Waals surface area contributed by atoms with E-state index < -0.39 is 17.7 Å². The van der Waals surface area contributed by atoms with Crippen LogP contribution in [0.15, 0.2) is 48.2 Å². The van der Waals surface area contributed by atoms with Gasteiger partial charge in [0, 0.05) is 12.7 Å². The van der Waals surface area contributed by atoms with Gasteiger partial charge in [-0.2, -0.15) is 0 Å². The Labute approximate surface area is 210 Å². The number of hydrogen-bond acceptors (Lipinski definition) is 7. The molecule has 9 heteroatoms. The second-order valence-electron chi connectivity index (χ2n) is 8.78. The Kier molecular flexibility index (Phi) is 7.30. The van der Waals surface area contributed by atoms with Crippen LogP contribution in [0.4, 0.5) is 0 Å². The summed E-state index contributed by atoms with van der Waals surface area (Å²) in [7, 11) is 1.43. The summed E-state index contributed by atoms with van der Waals surface area (Å²) in [5, 5.41) is 21.7. The first-order chi connectivity index (χ1) is 17.3. The molecule has 1 amide bonds. The van der Waals surface area contributed by atoms with Gasteiger partial charge in [-0.25, -0.2) is 4.98 Å². The number of ether oxygens (including phenoxy) is 1. The summed E-state index contributed by atoms with van der Waals surface area (Å²) in [5.74, 6) is -1.55. The lowest BCUT2D eigenvalue weighted by atomic mass is 9.95. The Bertz CT molecular complexity index is 1320. The Morgan fingerprint density at radius 3 is 2.61 bits per heavy atom. The minimum atomic E-state index is -0.843. The summed E-state index contributed by atoms with van der Waals surface area (Å²) in [4.78, 5) is 34.9. The first-order valence-corrected chi connectivity index (χ1v) is 12.1. The van der Waals surface area contributed by atoms with E-state index in [-0.39, 0.29) is 22.8 Å². The number of aryl methyl sites for hydroxylation is 1. The highest BCUT2D eigenvalue weighted by Crippen LogP contribution is 2.42. The second-order valence-corrected chi connectivity index (χ2v) is 8.78. The number of hydrogen-bond donors (Lipinski definition) is 2. The molecule has 2 N–H and O–H groups in total. The van der Waals surface area contributed by atoms with Crippen LogP contribution in [0.5, 0.6) is 11.5 Å². The van der Waals surface area contributed by atoms with Crippen LogP contribution in [0.25, 0.3) is 11.4 Å². The molecule has 1 fully saturated rings. The zero-order chi connectivity index (χ0) is 26.0. The van der Waals surface area contributed by atoms with Crippen LogP contribution in [0, 0.1) is 6.92 Å². The zero-order valence-corrected chi connectivity index (χ0v) is 21.1. The van der Waals surface area contributed by atoms with Crippen molar-refractivity contribution in [2.75, 3.05) is 33.3 Å². The lowest BCUT2D eigenvalue weighted by molar-refractivity contribution is -0.140. The predicted octanol–water partition coefficient (Wildman–Crippen LogP) is 3.51. The fourth-order valence-electron chi connectivity index (χ4n) is 4.85. The van der Waals surface area contributed by atoms with Crippen molar-refractivity contribution < 1.29 is 24.5 Å².